The summed E-state index contributed by atoms with van der Waals surface area (Å²) in [5, 5.41) is 0.283. The number of aromatic nitrogens is 2. The van der Waals surface area contributed by atoms with E-state index >= 15 is 0 Å². The minimum atomic E-state index is -0.589. The molecule has 0 N–H and O–H groups in total. The average molecular weight is 315 g/mol. The molecule has 0 aliphatic carbocycles. The monoisotopic (exact) mass is 315 g/mol. The van der Waals surface area contributed by atoms with Crippen LogP contribution in [-0.2, 0) is 9.53 Å². The van der Waals surface area contributed by atoms with Crippen molar-refractivity contribution in [2.75, 3.05) is 33.6 Å². The minimum absolute atomic E-state index is 0.00226. The van der Waals surface area contributed by atoms with Gasteiger partial charge in [-0.15, -0.1) is 0 Å². The number of rotatable bonds is 6. The van der Waals surface area contributed by atoms with E-state index < -0.39 is 6.09 Å². The van der Waals surface area contributed by atoms with Crippen LogP contribution in [0.2, 0.25) is 0 Å². The molecule has 1 heterocycles. The van der Waals surface area contributed by atoms with E-state index in [1.165, 1.54) is 18.2 Å². The Morgan fingerprint density at radius 3 is 2.67 bits per heavy atom. The SMILES string of the molecule is CCOC(=O)CSc1ncc(OC)c(OC(=O)N(C)C)n1. The summed E-state index contributed by atoms with van der Waals surface area (Å²) in [6.45, 7) is 2.04. The van der Waals surface area contributed by atoms with Crippen LogP contribution >= 0.6 is 11.8 Å². The van der Waals surface area contributed by atoms with Crippen LogP contribution in [0, 0.1) is 0 Å². The maximum atomic E-state index is 11.5. The van der Waals surface area contributed by atoms with Crippen molar-refractivity contribution in [2.45, 2.75) is 12.1 Å². The first-order valence-corrected chi connectivity index (χ1v) is 7.05. The molecule has 0 aromatic carbocycles. The van der Waals surface area contributed by atoms with Crippen LogP contribution in [0.25, 0.3) is 0 Å². The molecule has 9 heteroatoms. The Bertz CT molecular complexity index is 510. The van der Waals surface area contributed by atoms with Gasteiger partial charge in [-0.05, 0) is 6.92 Å². The molecule has 0 saturated carbocycles. The van der Waals surface area contributed by atoms with E-state index in [2.05, 4.69) is 9.97 Å². The number of amides is 1. The van der Waals surface area contributed by atoms with Gasteiger partial charge in [0, 0.05) is 14.1 Å². The van der Waals surface area contributed by atoms with Crippen LogP contribution < -0.4 is 9.47 Å². The summed E-state index contributed by atoms with van der Waals surface area (Å²) >= 11 is 1.08. The van der Waals surface area contributed by atoms with Crippen LogP contribution in [0.15, 0.2) is 11.4 Å². The van der Waals surface area contributed by atoms with Crippen LogP contribution in [0.4, 0.5) is 4.79 Å². The van der Waals surface area contributed by atoms with Crippen molar-refractivity contribution < 1.29 is 23.8 Å². The van der Waals surface area contributed by atoms with Gasteiger partial charge in [0.25, 0.3) is 5.88 Å². The van der Waals surface area contributed by atoms with Crippen molar-refractivity contribution in [3.8, 4) is 11.6 Å². The molecule has 0 fully saturated rings. The molecule has 21 heavy (non-hydrogen) atoms. The fraction of sp³-hybridized carbons (Fsp3) is 0.500. The molecule has 0 saturated heterocycles. The second-order valence-electron chi connectivity index (χ2n) is 3.88. The van der Waals surface area contributed by atoms with Crippen molar-refractivity contribution in [2.24, 2.45) is 0 Å². The lowest BCUT2D eigenvalue weighted by molar-refractivity contribution is -0.139. The van der Waals surface area contributed by atoms with Gasteiger partial charge in [-0.25, -0.2) is 9.78 Å². The maximum absolute atomic E-state index is 11.5. The third-order valence-electron chi connectivity index (χ3n) is 2.09. The molecule has 8 nitrogen and oxygen atoms in total. The minimum Gasteiger partial charge on any atom is -0.490 e. The Labute approximate surface area is 126 Å². The van der Waals surface area contributed by atoms with E-state index in [1.807, 2.05) is 0 Å². The van der Waals surface area contributed by atoms with E-state index in [-0.39, 0.29) is 28.5 Å². The van der Waals surface area contributed by atoms with Gasteiger partial charge in [-0.2, -0.15) is 4.98 Å². The van der Waals surface area contributed by atoms with Crippen molar-refractivity contribution >= 4 is 23.8 Å². The molecule has 1 aromatic rings. The molecule has 0 aliphatic heterocycles. The molecule has 1 amide bonds. The Balaban J connectivity index is 2.79. The van der Waals surface area contributed by atoms with Gasteiger partial charge >= 0.3 is 12.1 Å². The summed E-state index contributed by atoms with van der Waals surface area (Å²) in [5.41, 5.74) is 0. The predicted molar refractivity (Wildman–Crippen MR) is 75.7 cm³/mol. The molecule has 0 bridgehead atoms. The highest BCUT2D eigenvalue weighted by Crippen LogP contribution is 2.26. The molecule has 116 valence electrons. The molecule has 1 rings (SSSR count). The van der Waals surface area contributed by atoms with Crippen molar-refractivity contribution in [1.29, 1.82) is 0 Å². The molecule has 0 unspecified atom stereocenters. The van der Waals surface area contributed by atoms with Gasteiger partial charge in [-0.3, -0.25) is 4.79 Å². The summed E-state index contributed by atoms with van der Waals surface area (Å²) < 4.78 is 14.9. The molecular formula is C12H17N3O5S. The number of carbonyl (C=O) groups is 2. The Morgan fingerprint density at radius 2 is 2.10 bits per heavy atom. The lowest BCUT2D eigenvalue weighted by Gasteiger charge is -2.12. The number of esters is 1. The Hall–Kier alpha value is -2.03. The van der Waals surface area contributed by atoms with Gasteiger partial charge in [0.1, 0.15) is 0 Å². The smallest absolute Gasteiger partial charge is 0.416 e. The molecule has 1 aromatic heterocycles. The zero-order valence-electron chi connectivity index (χ0n) is 12.3. The fourth-order valence-electron chi connectivity index (χ4n) is 1.12. The Morgan fingerprint density at radius 1 is 1.38 bits per heavy atom. The van der Waals surface area contributed by atoms with Gasteiger partial charge in [0.2, 0.25) is 0 Å². The van der Waals surface area contributed by atoms with Crippen LogP contribution in [0.5, 0.6) is 11.6 Å². The normalized spacial score (nSPS) is 9.90. The first-order chi connectivity index (χ1) is 9.97. The second kappa shape index (κ2) is 8.30. The zero-order chi connectivity index (χ0) is 15.8. The molecule has 0 spiro atoms. The van der Waals surface area contributed by atoms with Crippen molar-refractivity contribution in [3.63, 3.8) is 0 Å². The molecular weight excluding hydrogens is 298 g/mol. The fourth-order valence-corrected chi connectivity index (χ4v) is 1.73. The third-order valence-corrected chi connectivity index (χ3v) is 2.93. The van der Waals surface area contributed by atoms with E-state index in [0.717, 1.165) is 11.8 Å². The number of hydrogen-bond acceptors (Lipinski definition) is 8. The number of ether oxygens (including phenoxy) is 3. The first kappa shape index (κ1) is 17.0. The summed E-state index contributed by atoms with van der Waals surface area (Å²) in [4.78, 5) is 32.1. The van der Waals surface area contributed by atoms with Gasteiger partial charge in [-0.1, -0.05) is 11.8 Å². The molecule has 0 aliphatic rings. The van der Waals surface area contributed by atoms with E-state index in [1.54, 1.807) is 21.0 Å². The van der Waals surface area contributed by atoms with Gasteiger partial charge in [0.05, 0.1) is 25.7 Å². The lowest BCUT2D eigenvalue weighted by atomic mass is 10.6. The topological polar surface area (TPSA) is 90.8 Å². The number of methoxy groups -OCH3 is 1. The predicted octanol–water partition coefficient (Wildman–Crippen LogP) is 1.20. The highest BCUT2D eigenvalue weighted by Gasteiger charge is 2.16. The maximum Gasteiger partial charge on any atom is 0.416 e. The summed E-state index contributed by atoms with van der Waals surface area (Å²) in [6.07, 6.45) is 0.784. The van der Waals surface area contributed by atoms with E-state index in [4.69, 9.17) is 14.2 Å². The molecule has 0 atom stereocenters. The number of hydrogen-bond donors (Lipinski definition) is 0. The van der Waals surface area contributed by atoms with Gasteiger partial charge < -0.3 is 19.1 Å². The summed E-state index contributed by atoms with van der Waals surface area (Å²) in [6, 6.07) is 0. The third kappa shape index (κ3) is 5.46. The number of nitrogens with zero attached hydrogens (tertiary/aromatic N) is 3. The summed E-state index contributed by atoms with van der Waals surface area (Å²) in [7, 11) is 4.51. The quantitative estimate of drug-likeness (QED) is 0.439. The average Bonchev–Trinajstić information content (AvgIpc) is 2.45. The van der Waals surface area contributed by atoms with Crippen LogP contribution in [-0.4, -0.2) is 60.5 Å². The highest BCUT2D eigenvalue weighted by molar-refractivity contribution is 7.99. The second-order valence-corrected chi connectivity index (χ2v) is 4.82. The molecule has 0 radical (unpaired) electrons. The standard InChI is InChI=1S/C12H17N3O5S/c1-5-19-9(16)7-21-11-13-6-8(18-4)10(14-11)20-12(17)15(2)3/h6H,5,7H2,1-4H3. The lowest BCUT2D eigenvalue weighted by Crippen LogP contribution is -2.26. The highest BCUT2D eigenvalue weighted by atomic mass is 32.2. The summed E-state index contributed by atoms with van der Waals surface area (Å²) in [5.74, 6) is -0.0710. The number of carbonyl (C=O) groups excluding carboxylic acids is 2. The van der Waals surface area contributed by atoms with E-state index in [9.17, 15) is 9.59 Å². The van der Waals surface area contributed by atoms with Crippen molar-refractivity contribution in [1.82, 2.24) is 14.9 Å². The van der Waals surface area contributed by atoms with Crippen LogP contribution in [0.1, 0.15) is 6.92 Å². The first-order valence-electron chi connectivity index (χ1n) is 6.06. The van der Waals surface area contributed by atoms with Crippen LogP contribution in [0.3, 0.4) is 0 Å². The van der Waals surface area contributed by atoms with Crippen molar-refractivity contribution in [3.05, 3.63) is 6.20 Å². The Kier molecular flexibility index (Phi) is 6.73. The largest absolute Gasteiger partial charge is 0.490 e. The number of thioether (sulfide) groups is 1. The zero-order valence-corrected chi connectivity index (χ0v) is 13.1. The van der Waals surface area contributed by atoms with Gasteiger partial charge in [0.15, 0.2) is 10.9 Å². The van der Waals surface area contributed by atoms with E-state index in [0.29, 0.717) is 6.61 Å².